The standard InChI is InChI=1S/C19H14O4S/c1-22-18(20)16(19(21)23-2)15-11-7-3-5-9-13(11)17(24)14-10-6-4-8-12(14)15/h3-10H,1-2H3. The predicted octanol–water partition coefficient (Wildman–Crippen LogP) is 2.91. The van der Waals surface area contributed by atoms with Crippen molar-refractivity contribution in [3.8, 4) is 0 Å². The molecule has 0 spiro atoms. The fraction of sp³-hybridized carbons (Fsp3) is 0.105. The van der Waals surface area contributed by atoms with Gasteiger partial charge in [0.1, 0.15) is 0 Å². The number of carbonyl (C=O) groups is 2. The summed E-state index contributed by atoms with van der Waals surface area (Å²) in [6.45, 7) is 0. The molecular formula is C19H14O4S. The molecule has 0 amide bonds. The smallest absolute Gasteiger partial charge is 0.345 e. The van der Waals surface area contributed by atoms with Crippen LogP contribution >= 0.6 is 12.2 Å². The largest absolute Gasteiger partial charge is 0.465 e. The van der Waals surface area contributed by atoms with Gasteiger partial charge < -0.3 is 9.47 Å². The molecule has 0 saturated carbocycles. The number of rotatable bonds is 2. The Morgan fingerprint density at radius 3 is 1.50 bits per heavy atom. The van der Waals surface area contributed by atoms with Crippen molar-refractivity contribution >= 4 is 34.6 Å². The lowest BCUT2D eigenvalue weighted by Gasteiger charge is -2.24. The van der Waals surface area contributed by atoms with Crippen LogP contribution in [0.4, 0.5) is 0 Å². The molecule has 4 nitrogen and oxygen atoms in total. The molecule has 3 rings (SSSR count). The van der Waals surface area contributed by atoms with Gasteiger partial charge in [-0.2, -0.15) is 0 Å². The molecule has 0 bridgehead atoms. The Balaban J connectivity index is 2.45. The summed E-state index contributed by atoms with van der Waals surface area (Å²) in [5.74, 6) is -1.48. The first kappa shape index (κ1) is 16.1. The fourth-order valence-corrected chi connectivity index (χ4v) is 3.21. The number of hydrogen-bond acceptors (Lipinski definition) is 5. The number of hydrogen-bond donors (Lipinski definition) is 0. The fourth-order valence-electron chi connectivity index (χ4n) is 2.85. The van der Waals surface area contributed by atoms with Gasteiger partial charge >= 0.3 is 11.9 Å². The van der Waals surface area contributed by atoms with Crippen molar-refractivity contribution in [1.82, 2.24) is 0 Å². The lowest BCUT2D eigenvalue weighted by Crippen LogP contribution is -2.22. The molecule has 0 fully saturated rings. The van der Waals surface area contributed by atoms with Crippen LogP contribution in [0.25, 0.3) is 5.57 Å². The van der Waals surface area contributed by atoms with Crippen LogP contribution in [-0.2, 0) is 19.1 Å². The summed E-state index contributed by atoms with van der Waals surface area (Å²) in [5.41, 5.74) is 3.37. The average molecular weight is 338 g/mol. The van der Waals surface area contributed by atoms with E-state index >= 15 is 0 Å². The number of thiocarbonyl (C=S) groups is 1. The molecule has 0 aliphatic heterocycles. The summed E-state index contributed by atoms with van der Waals surface area (Å²) in [6.07, 6.45) is 0. The number of esters is 2. The molecule has 0 aromatic heterocycles. The minimum absolute atomic E-state index is 0.137. The number of fused-ring (bicyclic) bond motifs is 2. The Morgan fingerprint density at radius 1 is 0.750 bits per heavy atom. The quantitative estimate of drug-likeness (QED) is 0.236. The molecule has 1 aliphatic carbocycles. The first-order chi connectivity index (χ1) is 11.6. The second-order valence-corrected chi connectivity index (χ2v) is 5.56. The molecular weight excluding hydrogens is 324 g/mol. The Morgan fingerprint density at radius 2 is 1.12 bits per heavy atom. The highest BCUT2D eigenvalue weighted by Gasteiger charge is 2.32. The zero-order chi connectivity index (χ0) is 17.3. The van der Waals surface area contributed by atoms with Crippen LogP contribution in [0.3, 0.4) is 0 Å². The van der Waals surface area contributed by atoms with Gasteiger partial charge in [0, 0.05) is 16.7 Å². The van der Waals surface area contributed by atoms with Gasteiger partial charge in [0.25, 0.3) is 0 Å². The van der Waals surface area contributed by atoms with Crippen LogP contribution in [0.5, 0.6) is 0 Å². The summed E-state index contributed by atoms with van der Waals surface area (Å²) >= 11 is 5.59. The maximum absolute atomic E-state index is 12.3. The van der Waals surface area contributed by atoms with Crippen molar-refractivity contribution in [2.75, 3.05) is 14.2 Å². The normalized spacial score (nSPS) is 12.1. The van der Waals surface area contributed by atoms with Gasteiger partial charge in [0.2, 0.25) is 0 Å². The van der Waals surface area contributed by atoms with E-state index in [1.807, 2.05) is 48.5 Å². The molecule has 0 radical (unpaired) electrons. The molecule has 0 N–H and O–H groups in total. The molecule has 24 heavy (non-hydrogen) atoms. The van der Waals surface area contributed by atoms with E-state index in [4.69, 9.17) is 21.7 Å². The van der Waals surface area contributed by atoms with E-state index in [0.29, 0.717) is 21.6 Å². The van der Waals surface area contributed by atoms with Crippen LogP contribution in [0.1, 0.15) is 22.3 Å². The SMILES string of the molecule is COC(=O)C(C(=O)OC)=C1c2ccccc2C(=S)c2ccccc21. The summed E-state index contributed by atoms with van der Waals surface area (Å²) < 4.78 is 9.63. The van der Waals surface area contributed by atoms with Crippen molar-refractivity contribution < 1.29 is 19.1 Å². The van der Waals surface area contributed by atoms with Crippen LogP contribution in [0, 0.1) is 0 Å². The van der Waals surface area contributed by atoms with Gasteiger partial charge in [-0.15, -0.1) is 0 Å². The van der Waals surface area contributed by atoms with Crippen LogP contribution in [-0.4, -0.2) is 31.0 Å². The Bertz CT molecular complexity index is 826. The highest BCUT2D eigenvalue weighted by Crippen LogP contribution is 2.38. The zero-order valence-corrected chi connectivity index (χ0v) is 14.0. The lowest BCUT2D eigenvalue weighted by molar-refractivity contribution is -0.143. The van der Waals surface area contributed by atoms with Gasteiger partial charge in [-0.3, -0.25) is 0 Å². The van der Waals surface area contributed by atoms with Crippen molar-refractivity contribution in [1.29, 1.82) is 0 Å². The summed E-state index contributed by atoms with van der Waals surface area (Å²) in [5, 5.41) is 0. The van der Waals surface area contributed by atoms with Gasteiger partial charge in [-0.1, -0.05) is 60.7 Å². The van der Waals surface area contributed by atoms with Gasteiger partial charge in [0.05, 0.1) is 19.1 Å². The van der Waals surface area contributed by atoms with E-state index in [0.717, 1.165) is 11.1 Å². The van der Waals surface area contributed by atoms with E-state index in [1.165, 1.54) is 14.2 Å². The molecule has 2 aromatic carbocycles. The molecule has 1 aliphatic rings. The van der Waals surface area contributed by atoms with Crippen LogP contribution in [0.15, 0.2) is 54.1 Å². The minimum atomic E-state index is -0.741. The lowest BCUT2D eigenvalue weighted by atomic mass is 9.80. The Kier molecular flexibility index (Phi) is 4.27. The second-order valence-electron chi connectivity index (χ2n) is 5.15. The third-order valence-electron chi connectivity index (χ3n) is 3.91. The molecule has 0 saturated heterocycles. The maximum atomic E-state index is 12.3. The predicted molar refractivity (Wildman–Crippen MR) is 93.7 cm³/mol. The second kappa shape index (κ2) is 6.37. The van der Waals surface area contributed by atoms with Gasteiger partial charge in [-0.05, 0) is 11.1 Å². The summed E-state index contributed by atoms with van der Waals surface area (Å²) in [4.78, 5) is 25.3. The van der Waals surface area contributed by atoms with Crippen LogP contribution in [0.2, 0.25) is 0 Å². The number of carbonyl (C=O) groups excluding carboxylic acids is 2. The summed E-state index contributed by atoms with van der Waals surface area (Å²) in [7, 11) is 2.47. The minimum Gasteiger partial charge on any atom is -0.465 e. The van der Waals surface area contributed by atoms with E-state index in [9.17, 15) is 9.59 Å². The first-order valence-electron chi connectivity index (χ1n) is 7.24. The third-order valence-corrected chi connectivity index (χ3v) is 4.35. The molecule has 0 unspecified atom stereocenters. The third kappa shape index (κ3) is 2.43. The van der Waals surface area contributed by atoms with Gasteiger partial charge in [0.15, 0.2) is 5.57 Å². The zero-order valence-electron chi connectivity index (χ0n) is 13.2. The van der Waals surface area contributed by atoms with E-state index in [-0.39, 0.29) is 5.57 Å². The maximum Gasteiger partial charge on any atom is 0.345 e. The monoisotopic (exact) mass is 338 g/mol. The number of methoxy groups -OCH3 is 2. The molecule has 0 atom stereocenters. The van der Waals surface area contributed by atoms with Crippen molar-refractivity contribution in [2.24, 2.45) is 0 Å². The van der Waals surface area contributed by atoms with Crippen molar-refractivity contribution in [3.05, 3.63) is 76.4 Å². The molecule has 2 aromatic rings. The number of ether oxygens (including phenoxy) is 2. The topological polar surface area (TPSA) is 52.6 Å². The van der Waals surface area contributed by atoms with E-state index in [2.05, 4.69) is 0 Å². The van der Waals surface area contributed by atoms with Crippen molar-refractivity contribution in [3.63, 3.8) is 0 Å². The molecule has 5 heteroatoms. The van der Waals surface area contributed by atoms with Crippen LogP contribution < -0.4 is 0 Å². The highest BCUT2D eigenvalue weighted by atomic mass is 32.1. The van der Waals surface area contributed by atoms with E-state index < -0.39 is 11.9 Å². The van der Waals surface area contributed by atoms with Crippen molar-refractivity contribution in [2.45, 2.75) is 0 Å². The highest BCUT2D eigenvalue weighted by molar-refractivity contribution is 7.81. The van der Waals surface area contributed by atoms with Gasteiger partial charge in [-0.25, -0.2) is 9.59 Å². The Labute approximate surface area is 144 Å². The summed E-state index contributed by atoms with van der Waals surface area (Å²) in [6, 6.07) is 14.8. The molecule has 120 valence electrons. The Hall–Kier alpha value is -2.79. The average Bonchev–Trinajstić information content (AvgIpc) is 2.64. The molecule has 0 heterocycles. The first-order valence-corrected chi connectivity index (χ1v) is 7.65. The van der Waals surface area contributed by atoms with E-state index in [1.54, 1.807) is 0 Å². The number of benzene rings is 2.